The lowest BCUT2D eigenvalue weighted by molar-refractivity contribution is -0.129. The number of fused-ring (bicyclic) bond motifs is 1. The van der Waals surface area contributed by atoms with Crippen LogP contribution >= 0.6 is 0 Å². The molecule has 45 heavy (non-hydrogen) atoms. The molecule has 0 aliphatic carbocycles. The van der Waals surface area contributed by atoms with Gasteiger partial charge in [0.25, 0.3) is 6.47 Å². The van der Waals surface area contributed by atoms with Crippen molar-refractivity contribution in [2.45, 2.75) is 33.0 Å². The van der Waals surface area contributed by atoms with Gasteiger partial charge in [0.2, 0.25) is 0 Å². The summed E-state index contributed by atoms with van der Waals surface area (Å²) in [5.41, 5.74) is 7.24. The van der Waals surface area contributed by atoms with Crippen LogP contribution in [0.5, 0.6) is 0 Å². The van der Waals surface area contributed by atoms with Gasteiger partial charge in [-0.1, -0.05) is 36.4 Å². The summed E-state index contributed by atoms with van der Waals surface area (Å²) in [6.45, 7) is 1.12. The third kappa shape index (κ3) is 7.03. The van der Waals surface area contributed by atoms with Gasteiger partial charge in [-0.3, -0.25) is 4.79 Å². The highest BCUT2D eigenvalue weighted by Crippen LogP contribution is 2.35. The van der Waals surface area contributed by atoms with E-state index in [4.69, 9.17) is 9.47 Å². The molecule has 0 saturated carbocycles. The first kappa shape index (κ1) is 31.4. The Morgan fingerprint density at radius 2 is 1.62 bits per heavy atom. The number of rotatable bonds is 14. The Morgan fingerprint density at radius 1 is 0.889 bits per heavy atom. The van der Waals surface area contributed by atoms with Gasteiger partial charge in [0.1, 0.15) is 49.1 Å². The molecule has 0 fully saturated rings. The maximum absolute atomic E-state index is 10.8. The Kier molecular flexibility index (Phi) is 9.86. The second kappa shape index (κ2) is 14.1. The average molecular weight is 611 g/mol. The van der Waals surface area contributed by atoms with Gasteiger partial charge >= 0.3 is 0 Å². The number of aromatic nitrogens is 5. The van der Waals surface area contributed by atoms with E-state index in [1.807, 2.05) is 92.2 Å². The summed E-state index contributed by atoms with van der Waals surface area (Å²) in [5, 5.41) is 14.1. The molecule has 2 N–H and O–H groups in total. The summed E-state index contributed by atoms with van der Waals surface area (Å²) in [4.78, 5) is 32.7. The molecule has 12 heteroatoms. The lowest BCUT2D eigenvalue weighted by Gasteiger charge is -2.19. The van der Waals surface area contributed by atoms with E-state index in [2.05, 4.69) is 31.3 Å². The largest absolute Gasteiger partial charge is 0.463 e. The smallest absolute Gasteiger partial charge is 0.293 e. The molecule has 0 aliphatic rings. The minimum atomic E-state index is -0.0850. The number of benzene rings is 2. The SMILES string of the molecule is CNc1ncnc(N(C)C)c1Cc1cc(CO)cc(COCn2cc(-c3cccc(COC=O)c3)c3c(N(C)C)ncnc32)c1. The fourth-order valence-electron chi connectivity index (χ4n) is 5.47. The molecule has 234 valence electrons. The normalized spacial score (nSPS) is 11.1. The molecule has 0 aliphatic heterocycles. The maximum Gasteiger partial charge on any atom is 0.293 e. The number of ether oxygens (including phenoxy) is 2. The van der Waals surface area contributed by atoms with Gasteiger partial charge in [-0.05, 0) is 33.9 Å². The second-order valence-electron chi connectivity index (χ2n) is 11.0. The van der Waals surface area contributed by atoms with Gasteiger partial charge in [0.05, 0.1) is 18.6 Å². The molecule has 2 aromatic carbocycles. The van der Waals surface area contributed by atoms with Crippen molar-refractivity contribution in [2.24, 2.45) is 0 Å². The first-order chi connectivity index (χ1) is 21.8. The van der Waals surface area contributed by atoms with Crippen LogP contribution < -0.4 is 15.1 Å². The Balaban J connectivity index is 1.42. The molecule has 3 heterocycles. The standard InChI is InChI=1S/C33H38N8O4/c1-34-30-27(31(39(2)3)36-18-35-30)13-23-9-24(15-42)11-25(10-23)17-44-20-41-14-28(26-8-6-7-22(12-26)16-45-21-43)29-32(40(4)5)37-19-38-33(29)41/h6-12,14,18-19,21,42H,13,15-17,20H2,1-5H3,(H,34,35,36). The number of anilines is 3. The predicted octanol–water partition coefficient (Wildman–Crippen LogP) is 3.99. The van der Waals surface area contributed by atoms with Crippen LogP contribution in [-0.2, 0) is 47.2 Å². The van der Waals surface area contributed by atoms with Crippen LogP contribution in [0.2, 0.25) is 0 Å². The summed E-state index contributed by atoms with van der Waals surface area (Å²) >= 11 is 0. The Labute approximate surface area is 262 Å². The molecule has 5 aromatic rings. The number of hydrogen-bond donors (Lipinski definition) is 2. The fourth-order valence-corrected chi connectivity index (χ4v) is 5.47. The topological polar surface area (TPSA) is 131 Å². The summed E-state index contributed by atoms with van der Waals surface area (Å²) < 4.78 is 13.2. The van der Waals surface area contributed by atoms with Crippen LogP contribution in [0, 0.1) is 0 Å². The highest BCUT2D eigenvalue weighted by Gasteiger charge is 2.19. The van der Waals surface area contributed by atoms with Gasteiger partial charge in [0.15, 0.2) is 0 Å². The van der Waals surface area contributed by atoms with Gasteiger partial charge < -0.3 is 34.3 Å². The zero-order chi connectivity index (χ0) is 31.9. The van der Waals surface area contributed by atoms with Gasteiger partial charge in [-0.25, -0.2) is 19.9 Å². The van der Waals surface area contributed by atoms with E-state index < -0.39 is 0 Å². The summed E-state index contributed by atoms with van der Waals surface area (Å²) in [6, 6.07) is 13.9. The molecule has 0 amide bonds. The number of carbonyl (C=O) groups is 1. The second-order valence-corrected chi connectivity index (χ2v) is 11.0. The van der Waals surface area contributed by atoms with Crippen LogP contribution in [0.25, 0.3) is 22.2 Å². The Hall–Kier alpha value is -5.07. The molecule has 0 unspecified atom stereocenters. The van der Waals surface area contributed by atoms with Crippen molar-refractivity contribution in [3.05, 3.63) is 89.1 Å². The third-order valence-corrected chi connectivity index (χ3v) is 7.37. The zero-order valence-corrected chi connectivity index (χ0v) is 26.2. The lowest BCUT2D eigenvalue weighted by Crippen LogP contribution is -2.15. The zero-order valence-electron chi connectivity index (χ0n) is 26.2. The van der Waals surface area contributed by atoms with E-state index in [1.54, 1.807) is 12.7 Å². The molecule has 3 aromatic heterocycles. The fraction of sp³-hybridized carbons (Fsp3) is 0.303. The minimum Gasteiger partial charge on any atom is -0.463 e. The number of aliphatic hydroxyl groups excluding tert-OH is 1. The van der Waals surface area contributed by atoms with Crippen LogP contribution in [-0.4, -0.2) is 71.3 Å². The average Bonchev–Trinajstić information content (AvgIpc) is 3.42. The van der Waals surface area contributed by atoms with Crippen LogP contribution in [0.3, 0.4) is 0 Å². The van der Waals surface area contributed by atoms with Gasteiger partial charge in [-0.2, -0.15) is 0 Å². The van der Waals surface area contributed by atoms with Crippen LogP contribution in [0.4, 0.5) is 17.5 Å². The minimum absolute atomic E-state index is 0.0850. The lowest BCUT2D eigenvalue weighted by atomic mass is 10.00. The van der Waals surface area contributed by atoms with Crippen LogP contribution in [0.1, 0.15) is 27.8 Å². The Bertz CT molecular complexity index is 1790. The van der Waals surface area contributed by atoms with Crippen LogP contribution in [0.15, 0.2) is 61.3 Å². The Morgan fingerprint density at radius 3 is 2.36 bits per heavy atom. The summed E-state index contributed by atoms with van der Waals surface area (Å²) in [5.74, 6) is 2.38. The molecule has 0 spiro atoms. The quantitative estimate of drug-likeness (QED) is 0.177. The van der Waals surface area contributed by atoms with E-state index in [-0.39, 0.29) is 19.9 Å². The molecule has 0 radical (unpaired) electrons. The molecular formula is C33H38N8O4. The van der Waals surface area contributed by atoms with Gasteiger partial charge in [0, 0.05) is 59.0 Å². The van der Waals surface area contributed by atoms with E-state index >= 15 is 0 Å². The van der Waals surface area contributed by atoms with E-state index in [1.165, 1.54) is 0 Å². The number of nitrogens with one attached hydrogen (secondary N) is 1. The molecular weight excluding hydrogens is 572 g/mol. The highest BCUT2D eigenvalue weighted by atomic mass is 16.5. The first-order valence-corrected chi connectivity index (χ1v) is 14.5. The van der Waals surface area contributed by atoms with Crippen molar-refractivity contribution >= 4 is 35.0 Å². The van der Waals surface area contributed by atoms with Crippen molar-refractivity contribution in [1.29, 1.82) is 0 Å². The van der Waals surface area contributed by atoms with E-state index in [9.17, 15) is 9.90 Å². The van der Waals surface area contributed by atoms with Crippen molar-refractivity contribution in [3.63, 3.8) is 0 Å². The number of carbonyl (C=O) groups excluding carboxylic acids is 1. The third-order valence-electron chi connectivity index (χ3n) is 7.37. The molecule has 0 bridgehead atoms. The van der Waals surface area contributed by atoms with Gasteiger partial charge in [-0.15, -0.1) is 0 Å². The molecule has 0 saturated heterocycles. The number of hydrogen-bond acceptors (Lipinski definition) is 11. The van der Waals surface area contributed by atoms with Crippen molar-refractivity contribution in [3.8, 4) is 11.1 Å². The predicted molar refractivity (Wildman–Crippen MR) is 174 cm³/mol. The number of aliphatic hydroxyl groups is 1. The summed E-state index contributed by atoms with van der Waals surface area (Å²) in [7, 11) is 9.65. The van der Waals surface area contributed by atoms with Crippen molar-refractivity contribution in [1.82, 2.24) is 24.5 Å². The van der Waals surface area contributed by atoms with Crippen molar-refractivity contribution in [2.75, 3.05) is 50.4 Å². The summed E-state index contributed by atoms with van der Waals surface area (Å²) in [6.07, 6.45) is 5.70. The van der Waals surface area contributed by atoms with Crippen molar-refractivity contribution < 1.29 is 19.4 Å². The van der Waals surface area contributed by atoms with E-state index in [0.29, 0.717) is 19.5 Å². The first-order valence-electron chi connectivity index (χ1n) is 14.5. The monoisotopic (exact) mass is 610 g/mol. The molecule has 5 rings (SSSR count). The van der Waals surface area contributed by atoms with E-state index in [0.717, 1.165) is 67.4 Å². The molecule has 0 atom stereocenters. The maximum atomic E-state index is 10.8. The highest BCUT2D eigenvalue weighted by molar-refractivity contribution is 6.01. The molecule has 12 nitrogen and oxygen atoms in total. The number of nitrogens with zero attached hydrogens (tertiary/aromatic N) is 7.